The molecule has 0 bridgehead atoms. The van der Waals surface area contributed by atoms with Gasteiger partial charge in [-0.15, -0.1) is 6.42 Å². The predicted octanol–water partition coefficient (Wildman–Crippen LogP) is 5.65. The first kappa shape index (κ1) is 23.1. The van der Waals surface area contributed by atoms with Crippen LogP contribution >= 0.6 is 0 Å². The zero-order valence-electron chi connectivity index (χ0n) is 19.9. The van der Waals surface area contributed by atoms with Crippen LogP contribution in [0.4, 0.5) is 4.39 Å². The molecule has 0 saturated heterocycles. The van der Waals surface area contributed by atoms with Crippen LogP contribution in [-0.4, -0.2) is 24.0 Å². The van der Waals surface area contributed by atoms with Crippen molar-refractivity contribution in [3.05, 3.63) is 41.7 Å². The van der Waals surface area contributed by atoms with Crippen molar-refractivity contribution < 1.29 is 23.5 Å². The van der Waals surface area contributed by atoms with E-state index in [2.05, 4.69) is 12.8 Å². The molecule has 0 aliphatic heterocycles. The number of hydrogen-bond donors (Lipinski definition) is 0. The Morgan fingerprint density at radius 1 is 1.12 bits per heavy atom. The second-order valence-corrected chi connectivity index (χ2v) is 10.6. The maximum atomic E-state index is 13.1. The van der Waals surface area contributed by atoms with Gasteiger partial charge in [0.05, 0.1) is 0 Å². The predicted molar refractivity (Wildman–Crippen MR) is 126 cm³/mol. The summed E-state index contributed by atoms with van der Waals surface area (Å²) < 4.78 is 24.8. The Balaban J connectivity index is 1.33. The summed E-state index contributed by atoms with van der Waals surface area (Å²) in [5.41, 5.74) is 0.228. The van der Waals surface area contributed by atoms with Crippen molar-refractivity contribution >= 4 is 11.8 Å². The molecule has 1 aromatic rings. The van der Waals surface area contributed by atoms with Gasteiger partial charge in [-0.3, -0.25) is 4.79 Å². The van der Waals surface area contributed by atoms with Gasteiger partial charge in [-0.1, -0.05) is 18.4 Å². The summed E-state index contributed by atoms with van der Waals surface area (Å²) in [6, 6.07) is 5.57. The Labute approximate surface area is 201 Å². The molecule has 4 aliphatic carbocycles. The molecule has 3 fully saturated rings. The van der Waals surface area contributed by atoms with E-state index in [1.54, 1.807) is 0 Å². The third kappa shape index (κ3) is 3.67. The van der Waals surface area contributed by atoms with Crippen LogP contribution in [0.3, 0.4) is 0 Å². The molecule has 1 aromatic carbocycles. The molecule has 34 heavy (non-hydrogen) atoms. The fraction of sp³-hybridized carbons (Fsp3) is 0.586. The largest absolute Gasteiger partial charge is 0.482 e. The Bertz CT molecular complexity index is 1040. The quantitative estimate of drug-likeness (QED) is 0.417. The van der Waals surface area contributed by atoms with Crippen LogP contribution in [-0.2, 0) is 14.3 Å². The average molecular weight is 465 g/mol. The Morgan fingerprint density at radius 2 is 1.91 bits per heavy atom. The van der Waals surface area contributed by atoms with E-state index in [0.29, 0.717) is 42.3 Å². The normalized spacial score (nSPS) is 36.4. The summed E-state index contributed by atoms with van der Waals surface area (Å²) in [4.78, 5) is 24.9. The van der Waals surface area contributed by atoms with E-state index in [-0.39, 0.29) is 23.6 Å². The van der Waals surface area contributed by atoms with Gasteiger partial charge in [0.1, 0.15) is 11.6 Å². The molecule has 4 nitrogen and oxygen atoms in total. The number of carbonyl (C=O) groups is 2. The molecule has 180 valence electrons. The van der Waals surface area contributed by atoms with E-state index in [4.69, 9.17) is 15.9 Å². The maximum absolute atomic E-state index is 13.1. The summed E-state index contributed by atoms with van der Waals surface area (Å²) in [5, 5.41) is 0. The van der Waals surface area contributed by atoms with E-state index >= 15 is 0 Å². The summed E-state index contributed by atoms with van der Waals surface area (Å²) in [6.07, 6.45) is 16.4. The third-order valence-corrected chi connectivity index (χ3v) is 9.44. The van der Waals surface area contributed by atoms with E-state index in [9.17, 15) is 14.0 Å². The molecule has 0 N–H and O–H groups in total. The summed E-state index contributed by atoms with van der Waals surface area (Å²) in [6.45, 7) is 1.93. The Hall–Kier alpha value is -2.61. The number of fused-ring (bicyclic) bond motifs is 5. The van der Waals surface area contributed by atoms with Crippen LogP contribution in [0.2, 0.25) is 0 Å². The molecule has 6 atom stereocenters. The third-order valence-electron chi connectivity index (χ3n) is 9.44. The average Bonchev–Trinajstić information content (AvgIpc) is 3.18. The van der Waals surface area contributed by atoms with Crippen LogP contribution < -0.4 is 4.74 Å². The minimum atomic E-state index is -0.917. The Kier molecular flexibility index (Phi) is 6.04. The van der Waals surface area contributed by atoms with Crippen molar-refractivity contribution in [3.8, 4) is 18.1 Å². The lowest BCUT2D eigenvalue weighted by molar-refractivity contribution is -0.175. The second-order valence-electron chi connectivity index (χ2n) is 10.6. The minimum Gasteiger partial charge on any atom is -0.482 e. The van der Waals surface area contributed by atoms with Gasteiger partial charge in [0, 0.05) is 11.8 Å². The molecule has 0 spiro atoms. The van der Waals surface area contributed by atoms with Crippen LogP contribution in [0, 0.1) is 47.2 Å². The van der Waals surface area contributed by atoms with E-state index in [1.165, 1.54) is 29.8 Å². The lowest BCUT2D eigenvalue weighted by atomic mass is 9.49. The van der Waals surface area contributed by atoms with Crippen LogP contribution in [0.5, 0.6) is 5.75 Å². The smallest absolute Gasteiger partial charge is 0.345 e. The van der Waals surface area contributed by atoms with Gasteiger partial charge in [-0.2, -0.15) is 0 Å². The number of terminal acetylenes is 1. The molecule has 4 unspecified atom stereocenters. The van der Waals surface area contributed by atoms with E-state index in [1.807, 2.05) is 6.08 Å². The fourth-order valence-corrected chi connectivity index (χ4v) is 8.01. The molecule has 3 saturated carbocycles. The number of esters is 1. The minimum absolute atomic E-state index is 0.222. The van der Waals surface area contributed by atoms with Gasteiger partial charge in [0.15, 0.2) is 18.0 Å². The summed E-state index contributed by atoms with van der Waals surface area (Å²) >= 11 is 0. The lowest BCUT2D eigenvalue weighted by Gasteiger charge is -2.56. The highest BCUT2D eigenvalue weighted by Crippen LogP contribution is 2.67. The first-order chi connectivity index (χ1) is 16.4. The first-order valence-corrected chi connectivity index (χ1v) is 12.7. The van der Waals surface area contributed by atoms with Gasteiger partial charge >= 0.3 is 5.97 Å². The highest BCUT2D eigenvalue weighted by atomic mass is 19.1. The topological polar surface area (TPSA) is 52.6 Å². The number of ketones is 1. The van der Waals surface area contributed by atoms with Crippen LogP contribution in [0.15, 0.2) is 35.9 Å². The van der Waals surface area contributed by atoms with Gasteiger partial charge in [-0.25, -0.2) is 9.18 Å². The highest BCUT2D eigenvalue weighted by Gasteiger charge is 2.65. The van der Waals surface area contributed by atoms with Gasteiger partial charge in [0.2, 0.25) is 0 Å². The number of rotatable bonds is 5. The van der Waals surface area contributed by atoms with Crippen LogP contribution in [0.1, 0.15) is 64.7 Å². The number of benzene rings is 1. The molecular formula is C29H33FO4. The summed E-state index contributed by atoms with van der Waals surface area (Å²) in [7, 11) is 0. The molecule has 5 heteroatoms. The van der Waals surface area contributed by atoms with Crippen LogP contribution in [0.25, 0.3) is 0 Å². The SMILES string of the molecule is C#C[C@]1(OC(=O)COc2ccc(F)cc2)CCC2C3CCC4=CC(=O)CCC4C3CC[C@@]21CC. The fourth-order valence-electron chi connectivity index (χ4n) is 8.01. The number of carbonyl (C=O) groups excluding carboxylic acids is 2. The van der Waals surface area contributed by atoms with Gasteiger partial charge in [-0.05, 0) is 105 Å². The standard InChI is InChI=1S/C29H33FO4/c1-3-28-15-13-24-23-12-8-21(31)17-19(23)5-11-25(24)26(28)14-16-29(28,4-2)34-27(32)18-33-22-9-6-20(30)7-10-22/h2,6-7,9-10,17,23-26H,3,5,8,11-16,18H2,1H3/t23?,24?,25?,26?,28-,29-/m0/s1. The van der Waals surface area contributed by atoms with E-state index < -0.39 is 11.6 Å². The van der Waals surface area contributed by atoms with Crippen molar-refractivity contribution in [3.63, 3.8) is 0 Å². The molecular weight excluding hydrogens is 431 g/mol. The zero-order chi connectivity index (χ0) is 23.9. The molecule has 5 rings (SSSR count). The van der Waals surface area contributed by atoms with Crippen molar-refractivity contribution in [2.45, 2.75) is 70.3 Å². The monoisotopic (exact) mass is 464 g/mol. The number of ether oxygens (including phenoxy) is 2. The Morgan fingerprint density at radius 3 is 2.65 bits per heavy atom. The molecule has 0 amide bonds. The lowest BCUT2D eigenvalue weighted by Crippen LogP contribution is -2.55. The molecule has 0 heterocycles. The van der Waals surface area contributed by atoms with Crippen molar-refractivity contribution in [1.82, 2.24) is 0 Å². The molecule has 0 radical (unpaired) electrons. The van der Waals surface area contributed by atoms with Crippen molar-refractivity contribution in [1.29, 1.82) is 0 Å². The van der Waals surface area contributed by atoms with Gasteiger partial charge in [0.25, 0.3) is 0 Å². The van der Waals surface area contributed by atoms with Crippen molar-refractivity contribution in [2.75, 3.05) is 6.61 Å². The maximum Gasteiger partial charge on any atom is 0.345 e. The van der Waals surface area contributed by atoms with Crippen molar-refractivity contribution in [2.24, 2.45) is 29.1 Å². The highest BCUT2D eigenvalue weighted by molar-refractivity contribution is 5.91. The zero-order valence-corrected chi connectivity index (χ0v) is 19.9. The van der Waals surface area contributed by atoms with E-state index in [0.717, 1.165) is 44.9 Å². The number of hydrogen-bond acceptors (Lipinski definition) is 4. The first-order valence-electron chi connectivity index (χ1n) is 12.7. The van der Waals surface area contributed by atoms with Gasteiger partial charge < -0.3 is 9.47 Å². The molecule has 4 aliphatic rings. The molecule has 0 aromatic heterocycles. The second kappa shape index (κ2) is 8.87. The number of halogens is 1. The summed E-state index contributed by atoms with van der Waals surface area (Å²) in [5.74, 6) is 4.94. The number of allylic oxidation sites excluding steroid dienone is 1.